The van der Waals surface area contributed by atoms with Crippen LogP contribution in [-0.2, 0) is 0 Å². The first-order chi connectivity index (χ1) is 7.00. The molecule has 86 valence electrons. The molecule has 2 unspecified atom stereocenters. The Kier molecular flexibility index (Phi) is 4.05. The van der Waals surface area contributed by atoms with Crippen molar-refractivity contribution in [1.82, 2.24) is 10.2 Å². The van der Waals surface area contributed by atoms with E-state index in [1.165, 1.54) is 0 Å². The number of aliphatic hydroxyl groups excluding tert-OH is 1. The lowest BCUT2D eigenvalue weighted by molar-refractivity contribution is 0.186. The van der Waals surface area contributed by atoms with Gasteiger partial charge in [0, 0.05) is 13.6 Å². The van der Waals surface area contributed by atoms with Crippen LogP contribution in [0.4, 0.5) is 6.01 Å². The molecule has 1 heterocycles. The number of aromatic nitrogens is 2. The van der Waals surface area contributed by atoms with E-state index >= 15 is 0 Å². The fourth-order valence-corrected chi connectivity index (χ4v) is 1.04. The molecule has 1 aromatic rings. The molecule has 6 nitrogen and oxygen atoms in total. The zero-order valence-corrected chi connectivity index (χ0v) is 9.34. The summed E-state index contributed by atoms with van der Waals surface area (Å²) in [4.78, 5) is 1.80. The molecule has 0 aliphatic heterocycles. The molecule has 0 radical (unpaired) electrons. The van der Waals surface area contributed by atoms with Crippen LogP contribution in [0.5, 0.6) is 0 Å². The van der Waals surface area contributed by atoms with E-state index in [0.29, 0.717) is 24.9 Å². The lowest BCUT2D eigenvalue weighted by atomic mass is 10.3. The SMILES string of the molecule is CC(O)CCN(C)c1nnc(C(C)N)o1. The molecule has 0 fully saturated rings. The van der Waals surface area contributed by atoms with Crippen molar-refractivity contribution in [2.24, 2.45) is 5.73 Å². The first-order valence-corrected chi connectivity index (χ1v) is 4.99. The van der Waals surface area contributed by atoms with E-state index in [1.54, 1.807) is 18.7 Å². The highest BCUT2D eigenvalue weighted by molar-refractivity contribution is 5.21. The maximum atomic E-state index is 9.13. The summed E-state index contributed by atoms with van der Waals surface area (Å²) < 4.78 is 5.34. The zero-order chi connectivity index (χ0) is 11.4. The molecule has 3 N–H and O–H groups in total. The molecule has 0 bridgehead atoms. The number of nitrogens with zero attached hydrogens (tertiary/aromatic N) is 3. The van der Waals surface area contributed by atoms with Crippen LogP contribution in [0, 0.1) is 0 Å². The van der Waals surface area contributed by atoms with Crippen LogP contribution >= 0.6 is 0 Å². The predicted octanol–water partition coefficient (Wildman–Crippen LogP) is 0.296. The van der Waals surface area contributed by atoms with Gasteiger partial charge in [-0.3, -0.25) is 0 Å². The van der Waals surface area contributed by atoms with Crippen LogP contribution in [0.15, 0.2) is 4.42 Å². The van der Waals surface area contributed by atoms with Crippen LogP contribution in [0.2, 0.25) is 0 Å². The summed E-state index contributed by atoms with van der Waals surface area (Å²) in [5.74, 6) is 0.425. The highest BCUT2D eigenvalue weighted by atomic mass is 16.4. The third-order valence-electron chi connectivity index (χ3n) is 2.03. The quantitative estimate of drug-likeness (QED) is 0.732. The summed E-state index contributed by atoms with van der Waals surface area (Å²) in [5, 5.41) is 16.8. The Bertz CT molecular complexity index is 298. The van der Waals surface area contributed by atoms with Crippen LogP contribution in [0.1, 0.15) is 32.2 Å². The van der Waals surface area contributed by atoms with E-state index < -0.39 is 0 Å². The van der Waals surface area contributed by atoms with Gasteiger partial charge in [-0.05, 0) is 20.3 Å². The minimum Gasteiger partial charge on any atom is -0.406 e. The number of nitrogens with two attached hydrogens (primary N) is 1. The molecule has 0 aliphatic carbocycles. The Morgan fingerprint density at radius 2 is 2.13 bits per heavy atom. The molecule has 1 aromatic heterocycles. The van der Waals surface area contributed by atoms with Gasteiger partial charge in [-0.1, -0.05) is 5.10 Å². The number of hydrogen-bond donors (Lipinski definition) is 2. The molecule has 2 atom stereocenters. The summed E-state index contributed by atoms with van der Waals surface area (Å²) in [7, 11) is 1.83. The fourth-order valence-electron chi connectivity index (χ4n) is 1.04. The Morgan fingerprint density at radius 3 is 2.60 bits per heavy atom. The summed E-state index contributed by atoms with van der Waals surface area (Å²) in [6.45, 7) is 4.19. The Hall–Kier alpha value is -1.14. The van der Waals surface area contributed by atoms with Crippen molar-refractivity contribution >= 4 is 6.01 Å². The standard InChI is InChI=1S/C9H18N4O2/c1-6(14)4-5-13(3)9-12-11-8(15-9)7(2)10/h6-7,14H,4-5,10H2,1-3H3. The first-order valence-electron chi connectivity index (χ1n) is 4.99. The molecule has 6 heteroatoms. The lowest BCUT2D eigenvalue weighted by Crippen LogP contribution is -2.22. The van der Waals surface area contributed by atoms with Gasteiger partial charge in [-0.15, -0.1) is 5.10 Å². The van der Waals surface area contributed by atoms with Crippen LogP contribution in [-0.4, -0.2) is 35.0 Å². The van der Waals surface area contributed by atoms with Crippen molar-refractivity contribution in [3.05, 3.63) is 5.89 Å². The summed E-state index contributed by atoms with van der Waals surface area (Å²) >= 11 is 0. The zero-order valence-electron chi connectivity index (χ0n) is 9.34. The Labute approximate surface area is 89.1 Å². The minimum atomic E-state index is -0.330. The Balaban J connectivity index is 2.54. The van der Waals surface area contributed by atoms with Crippen LogP contribution < -0.4 is 10.6 Å². The predicted molar refractivity (Wildman–Crippen MR) is 56.5 cm³/mol. The number of aliphatic hydroxyl groups is 1. The second-order valence-corrected chi connectivity index (χ2v) is 3.77. The molecule has 0 saturated carbocycles. The molecule has 0 saturated heterocycles. The Morgan fingerprint density at radius 1 is 1.47 bits per heavy atom. The van der Waals surface area contributed by atoms with Crippen LogP contribution in [0.3, 0.4) is 0 Å². The van der Waals surface area contributed by atoms with E-state index in [0.717, 1.165) is 0 Å². The largest absolute Gasteiger partial charge is 0.406 e. The van der Waals surface area contributed by atoms with Crippen molar-refractivity contribution in [3.8, 4) is 0 Å². The molecule has 1 rings (SSSR count). The maximum absolute atomic E-state index is 9.13. The fraction of sp³-hybridized carbons (Fsp3) is 0.778. The van der Waals surface area contributed by atoms with Crippen LogP contribution in [0.25, 0.3) is 0 Å². The molecular weight excluding hydrogens is 196 g/mol. The average molecular weight is 214 g/mol. The van der Waals surface area contributed by atoms with E-state index in [9.17, 15) is 0 Å². The smallest absolute Gasteiger partial charge is 0.317 e. The molecule has 0 aliphatic rings. The molecule has 0 aromatic carbocycles. The molecule has 15 heavy (non-hydrogen) atoms. The van der Waals surface area contributed by atoms with Gasteiger partial charge >= 0.3 is 6.01 Å². The summed E-state index contributed by atoms with van der Waals surface area (Å²) in [5.41, 5.74) is 5.59. The lowest BCUT2D eigenvalue weighted by Gasteiger charge is -2.14. The monoisotopic (exact) mass is 214 g/mol. The maximum Gasteiger partial charge on any atom is 0.317 e. The second kappa shape index (κ2) is 5.09. The second-order valence-electron chi connectivity index (χ2n) is 3.77. The van der Waals surface area contributed by atoms with Crippen molar-refractivity contribution in [2.75, 3.05) is 18.5 Å². The van der Waals surface area contributed by atoms with Gasteiger partial charge in [0.1, 0.15) is 0 Å². The highest BCUT2D eigenvalue weighted by Crippen LogP contribution is 2.14. The van der Waals surface area contributed by atoms with Gasteiger partial charge in [0.05, 0.1) is 12.1 Å². The average Bonchev–Trinajstić information content (AvgIpc) is 2.62. The van der Waals surface area contributed by atoms with Crippen molar-refractivity contribution in [1.29, 1.82) is 0 Å². The first kappa shape index (κ1) is 11.9. The van der Waals surface area contributed by atoms with Crippen molar-refractivity contribution in [2.45, 2.75) is 32.4 Å². The summed E-state index contributed by atoms with van der Waals surface area (Å²) in [6.07, 6.45) is 0.329. The minimum absolute atomic E-state index is 0.253. The van der Waals surface area contributed by atoms with Gasteiger partial charge in [0.25, 0.3) is 0 Å². The van der Waals surface area contributed by atoms with E-state index in [4.69, 9.17) is 15.3 Å². The number of anilines is 1. The highest BCUT2D eigenvalue weighted by Gasteiger charge is 2.13. The van der Waals surface area contributed by atoms with E-state index in [1.807, 2.05) is 7.05 Å². The normalized spacial score (nSPS) is 15.0. The molecule has 0 amide bonds. The van der Waals surface area contributed by atoms with Gasteiger partial charge in [-0.25, -0.2) is 0 Å². The van der Waals surface area contributed by atoms with Crippen molar-refractivity contribution < 1.29 is 9.52 Å². The van der Waals surface area contributed by atoms with Gasteiger partial charge < -0.3 is 20.2 Å². The molecule has 0 spiro atoms. The van der Waals surface area contributed by atoms with Gasteiger partial charge in [0.15, 0.2) is 0 Å². The van der Waals surface area contributed by atoms with E-state index in [-0.39, 0.29) is 12.1 Å². The third-order valence-corrected chi connectivity index (χ3v) is 2.03. The molecular formula is C9H18N4O2. The van der Waals surface area contributed by atoms with Gasteiger partial charge in [-0.2, -0.15) is 0 Å². The number of hydrogen-bond acceptors (Lipinski definition) is 6. The van der Waals surface area contributed by atoms with E-state index in [2.05, 4.69) is 10.2 Å². The van der Waals surface area contributed by atoms with Crippen molar-refractivity contribution in [3.63, 3.8) is 0 Å². The third kappa shape index (κ3) is 3.49. The van der Waals surface area contributed by atoms with Gasteiger partial charge in [0.2, 0.25) is 5.89 Å². The summed E-state index contributed by atoms with van der Waals surface area (Å²) in [6, 6.07) is 0.180. The topological polar surface area (TPSA) is 88.4 Å². The number of rotatable bonds is 5.